The summed E-state index contributed by atoms with van der Waals surface area (Å²) in [4.78, 5) is 4.51. The van der Waals surface area contributed by atoms with E-state index in [1.54, 1.807) is 0 Å². The van der Waals surface area contributed by atoms with Gasteiger partial charge in [0.2, 0.25) is 0 Å². The summed E-state index contributed by atoms with van der Waals surface area (Å²) in [7, 11) is 0. The van der Waals surface area contributed by atoms with Crippen LogP contribution in [0.3, 0.4) is 0 Å². The third-order valence-corrected chi connectivity index (χ3v) is 4.11. The predicted molar refractivity (Wildman–Crippen MR) is 92.5 cm³/mol. The molecule has 1 unspecified atom stereocenters. The molecule has 1 atom stereocenters. The first kappa shape index (κ1) is 14.1. The van der Waals surface area contributed by atoms with Crippen molar-refractivity contribution in [2.24, 2.45) is 0 Å². The Morgan fingerprint density at radius 1 is 1.10 bits per heavy atom. The number of rotatable bonds is 4. The van der Waals surface area contributed by atoms with E-state index < -0.39 is 0 Å². The van der Waals surface area contributed by atoms with Crippen LogP contribution >= 0.6 is 15.9 Å². The third-order valence-electron chi connectivity index (χ3n) is 3.62. The first-order valence-corrected chi connectivity index (χ1v) is 7.93. The molecule has 0 aliphatic carbocycles. The van der Waals surface area contributed by atoms with Gasteiger partial charge in [-0.1, -0.05) is 53.2 Å². The summed E-state index contributed by atoms with van der Waals surface area (Å²) < 4.78 is 1.11. The standard InChI is InChI=1S/C18H17BrN2/c1-2-16(14-7-3-9-15(19)12-14)21-17-10-4-6-13-8-5-11-20-18(13)17/h3-12,16,21H,2H2,1H3. The lowest BCUT2D eigenvalue weighted by atomic mass is 10.0. The van der Waals surface area contributed by atoms with Crippen molar-refractivity contribution in [1.82, 2.24) is 4.98 Å². The fourth-order valence-electron chi connectivity index (χ4n) is 2.55. The van der Waals surface area contributed by atoms with Crippen molar-refractivity contribution in [1.29, 1.82) is 0 Å². The molecule has 0 saturated heterocycles. The lowest BCUT2D eigenvalue weighted by Gasteiger charge is -2.20. The van der Waals surface area contributed by atoms with Crippen molar-refractivity contribution < 1.29 is 0 Å². The Morgan fingerprint density at radius 3 is 2.71 bits per heavy atom. The fourth-order valence-corrected chi connectivity index (χ4v) is 2.97. The molecule has 2 aromatic carbocycles. The van der Waals surface area contributed by atoms with E-state index in [2.05, 4.69) is 81.7 Å². The second-order valence-corrected chi connectivity index (χ2v) is 5.96. The predicted octanol–water partition coefficient (Wildman–Crippen LogP) is 5.56. The number of nitrogens with zero attached hydrogens (tertiary/aromatic N) is 1. The van der Waals surface area contributed by atoms with E-state index in [1.807, 2.05) is 12.3 Å². The number of para-hydroxylation sites is 1. The summed E-state index contributed by atoms with van der Waals surface area (Å²) in [6.07, 6.45) is 2.85. The normalized spacial score (nSPS) is 12.3. The molecular formula is C18H17BrN2. The maximum Gasteiger partial charge on any atom is 0.0933 e. The van der Waals surface area contributed by atoms with Gasteiger partial charge in [-0.3, -0.25) is 4.98 Å². The Balaban J connectivity index is 1.96. The molecule has 21 heavy (non-hydrogen) atoms. The van der Waals surface area contributed by atoms with Gasteiger partial charge >= 0.3 is 0 Å². The van der Waals surface area contributed by atoms with Crippen molar-refractivity contribution in [2.45, 2.75) is 19.4 Å². The van der Waals surface area contributed by atoms with Crippen LogP contribution in [-0.2, 0) is 0 Å². The molecule has 0 fully saturated rings. The minimum absolute atomic E-state index is 0.273. The number of halogens is 1. The lowest BCUT2D eigenvalue weighted by Crippen LogP contribution is -2.10. The van der Waals surface area contributed by atoms with Crippen LogP contribution in [0.15, 0.2) is 65.3 Å². The zero-order valence-electron chi connectivity index (χ0n) is 11.9. The minimum atomic E-state index is 0.273. The highest BCUT2D eigenvalue weighted by Crippen LogP contribution is 2.28. The average Bonchev–Trinajstić information content (AvgIpc) is 2.52. The van der Waals surface area contributed by atoms with Gasteiger partial charge in [0.15, 0.2) is 0 Å². The molecule has 1 aromatic heterocycles. The van der Waals surface area contributed by atoms with Gasteiger partial charge in [-0.15, -0.1) is 0 Å². The van der Waals surface area contributed by atoms with Crippen molar-refractivity contribution in [3.8, 4) is 0 Å². The Morgan fingerprint density at radius 2 is 1.90 bits per heavy atom. The van der Waals surface area contributed by atoms with Crippen LogP contribution in [0.4, 0.5) is 5.69 Å². The van der Waals surface area contributed by atoms with E-state index in [4.69, 9.17) is 0 Å². The molecule has 3 heteroatoms. The Hall–Kier alpha value is -1.87. The summed E-state index contributed by atoms with van der Waals surface area (Å²) in [5.41, 5.74) is 3.38. The van der Waals surface area contributed by atoms with Gasteiger partial charge in [-0.25, -0.2) is 0 Å². The second-order valence-electron chi connectivity index (χ2n) is 5.04. The van der Waals surface area contributed by atoms with Gasteiger partial charge in [0.1, 0.15) is 0 Å². The van der Waals surface area contributed by atoms with Crippen molar-refractivity contribution in [2.75, 3.05) is 5.32 Å². The molecule has 0 aliphatic heterocycles. The number of pyridine rings is 1. The molecule has 0 amide bonds. The number of hydrogen-bond acceptors (Lipinski definition) is 2. The molecule has 0 radical (unpaired) electrons. The van der Waals surface area contributed by atoms with Gasteiger partial charge in [0, 0.05) is 16.1 Å². The maximum atomic E-state index is 4.51. The summed E-state index contributed by atoms with van der Waals surface area (Å²) in [6.45, 7) is 2.19. The third kappa shape index (κ3) is 3.08. The molecule has 0 saturated carbocycles. The van der Waals surface area contributed by atoms with E-state index >= 15 is 0 Å². The molecule has 1 N–H and O–H groups in total. The second kappa shape index (κ2) is 6.27. The highest BCUT2D eigenvalue weighted by molar-refractivity contribution is 9.10. The number of fused-ring (bicyclic) bond motifs is 1. The highest BCUT2D eigenvalue weighted by Gasteiger charge is 2.11. The first-order valence-electron chi connectivity index (χ1n) is 7.13. The van der Waals surface area contributed by atoms with E-state index in [9.17, 15) is 0 Å². The molecular weight excluding hydrogens is 324 g/mol. The average molecular weight is 341 g/mol. The van der Waals surface area contributed by atoms with Crippen LogP contribution in [0.5, 0.6) is 0 Å². The zero-order valence-corrected chi connectivity index (χ0v) is 13.5. The van der Waals surface area contributed by atoms with Crippen molar-refractivity contribution in [3.05, 3.63) is 70.8 Å². The van der Waals surface area contributed by atoms with Gasteiger partial charge < -0.3 is 5.32 Å². The highest BCUT2D eigenvalue weighted by atomic mass is 79.9. The maximum absolute atomic E-state index is 4.51. The Bertz CT molecular complexity index is 750. The fraction of sp³-hybridized carbons (Fsp3) is 0.167. The van der Waals surface area contributed by atoms with Crippen LogP contribution in [0.2, 0.25) is 0 Å². The summed E-state index contributed by atoms with van der Waals surface area (Å²) in [5, 5.41) is 4.79. The molecule has 2 nitrogen and oxygen atoms in total. The van der Waals surface area contributed by atoms with Gasteiger partial charge in [0.25, 0.3) is 0 Å². The topological polar surface area (TPSA) is 24.9 Å². The molecule has 0 bridgehead atoms. The molecule has 0 aliphatic rings. The van der Waals surface area contributed by atoms with E-state index in [1.165, 1.54) is 5.56 Å². The minimum Gasteiger partial charge on any atom is -0.376 e. The summed E-state index contributed by atoms with van der Waals surface area (Å²) in [5.74, 6) is 0. The van der Waals surface area contributed by atoms with Gasteiger partial charge in [-0.2, -0.15) is 0 Å². The monoisotopic (exact) mass is 340 g/mol. The Kier molecular flexibility index (Phi) is 4.20. The largest absolute Gasteiger partial charge is 0.376 e. The lowest BCUT2D eigenvalue weighted by molar-refractivity contribution is 0.750. The number of benzene rings is 2. The van der Waals surface area contributed by atoms with Crippen LogP contribution in [-0.4, -0.2) is 4.98 Å². The van der Waals surface area contributed by atoms with Gasteiger partial charge in [0.05, 0.1) is 17.2 Å². The molecule has 106 valence electrons. The van der Waals surface area contributed by atoms with Crippen LogP contribution in [0, 0.1) is 0 Å². The molecule has 3 aromatic rings. The molecule has 3 rings (SSSR count). The van der Waals surface area contributed by atoms with Crippen molar-refractivity contribution in [3.63, 3.8) is 0 Å². The Labute approximate surface area is 133 Å². The number of hydrogen-bond donors (Lipinski definition) is 1. The van der Waals surface area contributed by atoms with Crippen LogP contribution in [0.25, 0.3) is 10.9 Å². The summed E-state index contributed by atoms with van der Waals surface area (Å²) >= 11 is 3.54. The number of aromatic nitrogens is 1. The molecule has 0 spiro atoms. The van der Waals surface area contributed by atoms with E-state index in [-0.39, 0.29) is 6.04 Å². The molecule has 1 heterocycles. The van der Waals surface area contributed by atoms with Crippen molar-refractivity contribution >= 4 is 32.5 Å². The SMILES string of the molecule is CCC(Nc1cccc2cccnc12)c1cccc(Br)c1. The van der Waals surface area contributed by atoms with Crippen LogP contribution < -0.4 is 5.32 Å². The first-order chi connectivity index (χ1) is 10.3. The number of nitrogens with one attached hydrogen (secondary N) is 1. The summed E-state index contributed by atoms with van der Waals surface area (Å²) in [6, 6.07) is 19.0. The van der Waals surface area contributed by atoms with Gasteiger partial charge in [-0.05, 0) is 36.2 Å². The van der Waals surface area contributed by atoms with E-state index in [0.717, 1.165) is 27.5 Å². The number of anilines is 1. The smallest absolute Gasteiger partial charge is 0.0933 e. The van der Waals surface area contributed by atoms with Crippen LogP contribution in [0.1, 0.15) is 24.9 Å². The van der Waals surface area contributed by atoms with E-state index in [0.29, 0.717) is 0 Å². The quantitative estimate of drug-likeness (QED) is 0.672. The zero-order chi connectivity index (χ0) is 14.7.